The van der Waals surface area contributed by atoms with Gasteiger partial charge in [0.15, 0.2) is 0 Å². The third-order valence-corrected chi connectivity index (χ3v) is 57.6. The normalized spacial score (nSPS) is 15.3. The van der Waals surface area contributed by atoms with Gasteiger partial charge in [0.2, 0.25) is 0 Å². The fraction of sp³-hybridized carbons (Fsp3) is 1.00. The van der Waals surface area contributed by atoms with Crippen molar-refractivity contribution in [2.45, 2.75) is 61.8 Å². The van der Waals surface area contributed by atoms with Crippen LogP contribution in [0.2, 0.25) is 61.8 Å². The van der Waals surface area contributed by atoms with Gasteiger partial charge in [-0.2, -0.15) is 0 Å². The van der Waals surface area contributed by atoms with Crippen molar-refractivity contribution in [3.8, 4) is 0 Å². The van der Waals surface area contributed by atoms with Crippen LogP contribution in [0.1, 0.15) is 0 Å². The van der Waals surface area contributed by atoms with Crippen molar-refractivity contribution in [2.75, 3.05) is 0 Å². The molecule has 0 aliphatic rings. The van der Waals surface area contributed by atoms with E-state index < -0.39 is 24.2 Å². The Morgan fingerprint density at radius 2 is 0.867 bits per heavy atom. The molecule has 0 aromatic rings. The summed E-state index contributed by atoms with van der Waals surface area (Å²) in [5, 5.41) is 0. The first-order chi connectivity index (χ1) is 6.31. The molecular weight excluding hydrogens is 401 g/mol. The van der Waals surface area contributed by atoms with Crippen LogP contribution in [-0.2, 0) is 0 Å². The fourth-order valence-electron chi connectivity index (χ4n) is 3.87. The van der Waals surface area contributed by atoms with E-state index in [0.29, 0.717) is 0 Å². The first-order valence-corrected chi connectivity index (χ1v) is 24.9. The van der Waals surface area contributed by atoms with Crippen LogP contribution in [0.5, 0.6) is 0 Å². The molecule has 0 aromatic heterocycles. The molecule has 0 aliphatic carbocycles. The number of rotatable bonds is 4. The minimum absolute atomic E-state index is 0.103. The SMILES string of the molecule is C[Si](C)(C)[C]([Ga][I])([Si](C)(C)C)[Si](C)(C)C. The van der Waals surface area contributed by atoms with Gasteiger partial charge in [0.1, 0.15) is 0 Å². The molecule has 0 amide bonds. The van der Waals surface area contributed by atoms with Gasteiger partial charge < -0.3 is 0 Å². The minimum atomic E-state index is -1.02. The molecule has 0 heterocycles. The quantitative estimate of drug-likeness (QED) is 0.445. The first kappa shape index (κ1) is 17.0. The van der Waals surface area contributed by atoms with E-state index in [0.717, 1.165) is 2.84 Å². The van der Waals surface area contributed by atoms with Crippen LogP contribution in [0.3, 0.4) is 0 Å². The van der Waals surface area contributed by atoms with Crippen LogP contribution in [0.15, 0.2) is 0 Å². The molecule has 89 valence electrons. The van der Waals surface area contributed by atoms with Gasteiger partial charge in [0.25, 0.3) is 0 Å². The van der Waals surface area contributed by atoms with Crippen molar-refractivity contribution in [1.82, 2.24) is 0 Å². The van der Waals surface area contributed by atoms with Crippen LogP contribution < -0.4 is 0 Å². The van der Waals surface area contributed by atoms with Crippen molar-refractivity contribution in [2.24, 2.45) is 0 Å². The molecule has 0 nitrogen and oxygen atoms in total. The molecule has 15 heavy (non-hydrogen) atoms. The van der Waals surface area contributed by atoms with Crippen molar-refractivity contribution >= 4 is 57.8 Å². The van der Waals surface area contributed by atoms with E-state index in [4.69, 9.17) is 0 Å². The Morgan fingerprint density at radius 1 is 0.667 bits per heavy atom. The van der Waals surface area contributed by atoms with Crippen LogP contribution in [0.25, 0.3) is 0 Å². The topological polar surface area (TPSA) is 0 Å². The summed E-state index contributed by atoms with van der Waals surface area (Å²) in [5.41, 5.74) is 0. The van der Waals surface area contributed by atoms with E-state index in [1.807, 2.05) is 0 Å². The Hall–Kier alpha value is 2.02. The third kappa shape index (κ3) is 3.07. The maximum absolute atomic E-state index is 2.84. The average molecular weight is 428 g/mol. The predicted molar refractivity (Wildman–Crippen MR) is 92.5 cm³/mol. The van der Waals surface area contributed by atoms with Crippen molar-refractivity contribution in [3.05, 3.63) is 0 Å². The molecule has 0 rings (SSSR count). The van der Waals surface area contributed by atoms with Crippen LogP contribution in [0, 0.1) is 0 Å². The Kier molecular flexibility index (Phi) is 5.61. The summed E-state index contributed by atoms with van der Waals surface area (Å²) in [6.45, 7) is 23.7. The molecule has 0 atom stereocenters. The maximum atomic E-state index is 2.84. The van der Waals surface area contributed by atoms with Gasteiger partial charge in [0, 0.05) is 0 Å². The summed E-state index contributed by atoms with van der Waals surface area (Å²) < 4.78 is 0.914. The zero-order valence-corrected chi connectivity index (χ0v) is 19.5. The van der Waals surface area contributed by atoms with Gasteiger partial charge in [-0.1, -0.05) is 0 Å². The van der Waals surface area contributed by atoms with Crippen molar-refractivity contribution < 1.29 is 0 Å². The predicted octanol–water partition coefficient (Wildman–Crippen LogP) is 4.83. The zero-order valence-electron chi connectivity index (χ0n) is 12.0. The van der Waals surface area contributed by atoms with Gasteiger partial charge in [-0.15, -0.1) is 0 Å². The molecule has 0 saturated heterocycles. The zero-order chi connectivity index (χ0) is 12.7. The summed E-state index contributed by atoms with van der Waals surface area (Å²) in [5.74, 6) is 0. The van der Waals surface area contributed by atoms with E-state index in [-0.39, 0.29) is 13.9 Å². The van der Waals surface area contributed by atoms with Gasteiger partial charge >= 0.3 is 120 Å². The van der Waals surface area contributed by atoms with Crippen LogP contribution in [0.4, 0.5) is 0 Å². The second kappa shape index (κ2) is 4.95. The molecule has 0 unspecified atom stereocenters. The fourth-order valence-corrected chi connectivity index (χ4v) is 81.7. The standard InChI is InChI=1S/C10H27Si3.Ga.HI/c1-11(2,3)10(12(4,5)6)13(7,8)9;;/h1-9H3;;1H/q;+1;/p-1. The second-order valence-corrected chi connectivity index (χ2v) is 34.2. The average Bonchev–Trinajstić information content (AvgIpc) is 1.76. The number of halogens is 1. The molecule has 1 radical (unpaired) electrons. The molecule has 0 bridgehead atoms. The van der Waals surface area contributed by atoms with E-state index in [1.54, 1.807) is 0 Å². The molecule has 0 fully saturated rings. The monoisotopic (exact) mass is 427 g/mol. The van der Waals surface area contributed by atoms with Gasteiger partial charge in [-0.25, -0.2) is 0 Å². The van der Waals surface area contributed by atoms with E-state index >= 15 is 0 Å². The summed E-state index contributed by atoms with van der Waals surface area (Å²) in [6, 6.07) is 0. The Labute approximate surface area is 118 Å². The molecule has 0 N–H and O–H groups in total. The summed E-state index contributed by atoms with van der Waals surface area (Å²) in [7, 11) is -3.07. The molecule has 0 saturated carbocycles. The third-order valence-electron chi connectivity index (χ3n) is 3.71. The van der Waals surface area contributed by atoms with Crippen molar-refractivity contribution in [3.63, 3.8) is 0 Å². The summed E-state index contributed by atoms with van der Waals surface area (Å²) >= 11 is 2.74. The van der Waals surface area contributed by atoms with Gasteiger partial charge in [-0.05, 0) is 0 Å². The van der Waals surface area contributed by atoms with Crippen molar-refractivity contribution in [1.29, 1.82) is 0 Å². The van der Waals surface area contributed by atoms with Gasteiger partial charge in [0.05, 0.1) is 0 Å². The van der Waals surface area contributed by atoms with Crippen LogP contribution in [-0.4, -0.2) is 38.1 Å². The molecule has 0 aromatic carbocycles. The Morgan fingerprint density at radius 3 is 0.867 bits per heavy atom. The van der Waals surface area contributed by atoms with E-state index in [9.17, 15) is 0 Å². The summed E-state index contributed by atoms with van der Waals surface area (Å²) in [4.78, 5) is 0. The van der Waals surface area contributed by atoms with E-state index in [2.05, 4.69) is 78.6 Å². The van der Waals surface area contributed by atoms with E-state index in [1.165, 1.54) is 0 Å². The number of hydrogen-bond donors (Lipinski definition) is 0. The first-order valence-electron chi connectivity index (χ1n) is 5.76. The van der Waals surface area contributed by atoms with Crippen LogP contribution >= 0.6 is 19.7 Å². The Balaban J connectivity index is 5.78. The molecule has 0 spiro atoms. The second-order valence-electron chi connectivity index (χ2n) is 7.67. The molecule has 5 heteroatoms. The summed E-state index contributed by atoms with van der Waals surface area (Å²) in [6.07, 6.45) is 0. The van der Waals surface area contributed by atoms with Gasteiger partial charge in [-0.3, -0.25) is 0 Å². The Bertz CT molecular complexity index is 186. The number of hydrogen-bond acceptors (Lipinski definition) is 0. The molecule has 0 aliphatic heterocycles. The molecular formula is C10H27GaISi3.